The second-order valence-corrected chi connectivity index (χ2v) is 4.17. The maximum absolute atomic E-state index is 5.65. The van der Waals surface area contributed by atoms with Gasteiger partial charge in [0.15, 0.2) is 0 Å². The molecular weight excluding hydrogens is 228 g/mol. The van der Waals surface area contributed by atoms with Gasteiger partial charge in [-0.25, -0.2) is 0 Å². The van der Waals surface area contributed by atoms with Crippen LogP contribution in [0.3, 0.4) is 0 Å². The molecule has 0 unspecified atom stereocenters. The Morgan fingerprint density at radius 2 is 1.89 bits per heavy atom. The molecule has 2 aromatic rings. The molecule has 2 rings (SSSR count). The summed E-state index contributed by atoms with van der Waals surface area (Å²) in [6.45, 7) is 6.17. The van der Waals surface area contributed by atoms with E-state index in [4.69, 9.17) is 10.5 Å². The van der Waals surface area contributed by atoms with E-state index < -0.39 is 0 Å². The van der Waals surface area contributed by atoms with Crippen LogP contribution in [0.15, 0.2) is 18.2 Å². The van der Waals surface area contributed by atoms with Crippen molar-refractivity contribution in [2.24, 2.45) is 5.73 Å². The molecule has 0 amide bonds. The summed E-state index contributed by atoms with van der Waals surface area (Å²) < 4.78 is 5.65. The minimum absolute atomic E-state index is 0.260. The van der Waals surface area contributed by atoms with Crippen LogP contribution in [0.25, 0.3) is 0 Å². The number of nitrogens with two attached hydrogens (primary N) is 1. The van der Waals surface area contributed by atoms with Crippen molar-refractivity contribution in [1.29, 1.82) is 0 Å². The second kappa shape index (κ2) is 5.10. The zero-order valence-electron chi connectivity index (χ0n) is 10.8. The van der Waals surface area contributed by atoms with Gasteiger partial charge in [0, 0.05) is 6.54 Å². The van der Waals surface area contributed by atoms with E-state index in [1.165, 1.54) is 0 Å². The molecule has 5 heteroatoms. The van der Waals surface area contributed by atoms with Gasteiger partial charge in [0.1, 0.15) is 5.75 Å². The van der Waals surface area contributed by atoms with E-state index in [9.17, 15) is 0 Å². The van der Waals surface area contributed by atoms with E-state index >= 15 is 0 Å². The third kappa shape index (κ3) is 2.62. The lowest BCUT2D eigenvalue weighted by Gasteiger charge is -2.08. The fourth-order valence-electron chi connectivity index (χ4n) is 1.46. The van der Waals surface area contributed by atoms with Gasteiger partial charge in [-0.15, -0.1) is 5.10 Å². The smallest absolute Gasteiger partial charge is 0.341 e. The first-order valence-electron chi connectivity index (χ1n) is 5.75. The van der Waals surface area contributed by atoms with E-state index in [-0.39, 0.29) is 6.01 Å². The fourth-order valence-corrected chi connectivity index (χ4v) is 1.46. The fraction of sp³-hybridized carbons (Fsp3) is 0.308. The van der Waals surface area contributed by atoms with Crippen molar-refractivity contribution in [3.8, 4) is 11.8 Å². The minimum Gasteiger partial charge on any atom is -0.423 e. The zero-order chi connectivity index (χ0) is 13.1. The quantitative estimate of drug-likeness (QED) is 0.894. The van der Waals surface area contributed by atoms with Gasteiger partial charge in [-0.05, 0) is 38.0 Å². The number of benzene rings is 1. The van der Waals surface area contributed by atoms with Crippen LogP contribution < -0.4 is 10.5 Å². The van der Waals surface area contributed by atoms with Crippen molar-refractivity contribution in [2.45, 2.75) is 27.3 Å². The molecule has 0 bridgehead atoms. The van der Waals surface area contributed by atoms with Crippen molar-refractivity contribution < 1.29 is 4.74 Å². The second-order valence-electron chi connectivity index (χ2n) is 4.17. The van der Waals surface area contributed by atoms with Crippen LogP contribution in [0, 0.1) is 20.8 Å². The summed E-state index contributed by atoms with van der Waals surface area (Å²) in [4.78, 5) is 4.24. The minimum atomic E-state index is 0.260. The number of rotatable bonds is 3. The molecule has 1 aromatic heterocycles. The molecule has 0 saturated heterocycles. The summed E-state index contributed by atoms with van der Waals surface area (Å²) >= 11 is 0. The molecule has 5 nitrogen and oxygen atoms in total. The maximum Gasteiger partial charge on any atom is 0.341 e. The van der Waals surface area contributed by atoms with Gasteiger partial charge in [-0.1, -0.05) is 17.2 Å². The Hall–Kier alpha value is -2.01. The highest BCUT2D eigenvalue weighted by Crippen LogP contribution is 2.23. The first kappa shape index (κ1) is 12.4. The van der Waals surface area contributed by atoms with Crippen molar-refractivity contribution >= 4 is 0 Å². The highest BCUT2D eigenvalue weighted by molar-refractivity contribution is 5.38. The van der Waals surface area contributed by atoms with E-state index in [0.29, 0.717) is 12.3 Å². The molecule has 0 aliphatic carbocycles. The molecular formula is C13H16N4O. The van der Waals surface area contributed by atoms with Crippen LogP contribution in [0.2, 0.25) is 0 Å². The summed E-state index contributed by atoms with van der Waals surface area (Å²) in [5.74, 6) is 0.711. The summed E-state index contributed by atoms with van der Waals surface area (Å²) in [5, 5.41) is 7.90. The normalized spacial score (nSPS) is 10.4. The summed E-state index contributed by atoms with van der Waals surface area (Å²) in [6.07, 6.45) is 0. The van der Waals surface area contributed by atoms with E-state index in [2.05, 4.69) is 15.2 Å². The van der Waals surface area contributed by atoms with Gasteiger partial charge in [-0.2, -0.15) is 4.98 Å². The van der Waals surface area contributed by atoms with Crippen LogP contribution in [0.4, 0.5) is 0 Å². The molecule has 1 aromatic carbocycles. The van der Waals surface area contributed by atoms with Gasteiger partial charge >= 0.3 is 6.01 Å². The lowest BCUT2D eigenvalue weighted by atomic mass is 10.1. The van der Waals surface area contributed by atoms with Crippen molar-refractivity contribution in [1.82, 2.24) is 15.2 Å². The number of aryl methyl sites for hydroxylation is 3. The predicted octanol–water partition coefficient (Wildman–Crippen LogP) is 2.05. The highest BCUT2D eigenvalue weighted by atomic mass is 16.5. The van der Waals surface area contributed by atoms with E-state index in [0.717, 1.165) is 22.5 Å². The monoisotopic (exact) mass is 244 g/mol. The number of nitrogens with zero attached hydrogens (tertiary/aromatic N) is 3. The Bertz CT molecular complexity index is 569. The number of ether oxygens (including phenoxy) is 1. The van der Waals surface area contributed by atoms with E-state index in [1.54, 1.807) is 0 Å². The molecule has 0 saturated carbocycles. The van der Waals surface area contributed by atoms with Gasteiger partial charge in [0.2, 0.25) is 0 Å². The van der Waals surface area contributed by atoms with Crippen molar-refractivity contribution in [2.75, 3.05) is 0 Å². The summed E-state index contributed by atoms with van der Waals surface area (Å²) in [5.41, 5.74) is 9.24. The molecule has 18 heavy (non-hydrogen) atoms. The molecule has 1 heterocycles. The molecule has 0 fully saturated rings. The third-order valence-corrected chi connectivity index (χ3v) is 2.76. The van der Waals surface area contributed by atoms with Crippen LogP contribution in [-0.4, -0.2) is 15.2 Å². The average Bonchev–Trinajstić information content (AvgIpc) is 2.36. The average molecular weight is 244 g/mol. The lowest BCUT2D eigenvalue weighted by Crippen LogP contribution is -2.01. The van der Waals surface area contributed by atoms with Crippen LogP contribution in [0.5, 0.6) is 11.8 Å². The SMILES string of the molecule is Cc1ccc(CN)cc1Oc1nnc(C)c(C)n1. The Morgan fingerprint density at radius 1 is 1.11 bits per heavy atom. The van der Waals surface area contributed by atoms with Crippen molar-refractivity contribution in [3.05, 3.63) is 40.7 Å². The first-order chi connectivity index (χ1) is 8.60. The van der Waals surface area contributed by atoms with Crippen LogP contribution in [0.1, 0.15) is 22.5 Å². The number of hydrogen-bond acceptors (Lipinski definition) is 5. The Balaban J connectivity index is 2.30. The Labute approximate surface area is 106 Å². The Kier molecular flexibility index (Phi) is 3.53. The number of hydrogen-bond donors (Lipinski definition) is 1. The van der Waals surface area contributed by atoms with Gasteiger partial charge in [-0.3, -0.25) is 0 Å². The molecule has 0 atom stereocenters. The molecule has 0 aliphatic heterocycles. The molecule has 94 valence electrons. The van der Waals surface area contributed by atoms with Crippen molar-refractivity contribution in [3.63, 3.8) is 0 Å². The maximum atomic E-state index is 5.65. The molecule has 0 radical (unpaired) electrons. The molecule has 0 spiro atoms. The predicted molar refractivity (Wildman–Crippen MR) is 68.4 cm³/mol. The van der Waals surface area contributed by atoms with Crippen LogP contribution >= 0.6 is 0 Å². The largest absolute Gasteiger partial charge is 0.423 e. The third-order valence-electron chi connectivity index (χ3n) is 2.76. The highest BCUT2D eigenvalue weighted by Gasteiger charge is 2.07. The number of aromatic nitrogens is 3. The van der Waals surface area contributed by atoms with E-state index in [1.807, 2.05) is 39.0 Å². The lowest BCUT2D eigenvalue weighted by molar-refractivity contribution is 0.427. The van der Waals surface area contributed by atoms with Gasteiger partial charge in [0.05, 0.1) is 11.4 Å². The van der Waals surface area contributed by atoms with Gasteiger partial charge in [0.25, 0.3) is 0 Å². The first-order valence-corrected chi connectivity index (χ1v) is 5.75. The summed E-state index contributed by atoms with van der Waals surface area (Å²) in [7, 11) is 0. The standard InChI is InChI=1S/C13H16N4O/c1-8-4-5-11(7-14)6-12(8)18-13-15-9(2)10(3)16-17-13/h4-6H,7,14H2,1-3H3. The zero-order valence-corrected chi connectivity index (χ0v) is 10.8. The Morgan fingerprint density at radius 3 is 2.56 bits per heavy atom. The molecule has 2 N–H and O–H groups in total. The summed E-state index contributed by atoms with van der Waals surface area (Å²) in [6, 6.07) is 6.09. The van der Waals surface area contributed by atoms with Gasteiger partial charge < -0.3 is 10.5 Å². The topological polar surface area (TPSA) is 73.9 Å². The van der Waals surface area contributed by atoms with Crippen LogP contribution in [-0.2, 0) is 6.54 Å². The molecule has 0 aliphatic rings.